The highest BCUT2D eigenvalue weighted by Crippen LogP contribution is 2.31. The molecule has 0 aliphatic rings. The number of nitrogens with zero attached hydrogens (tertiary/aromatic N) is 2. The van der Waals surface area contributed by atoms with E-state index < -0.39 is 25.8 Å². The molecule has 0 saturated heterocycles. The number of rotatable bonds is 6. The minimum absolute atomic E-state index is 0.105. The maximum atomic E-state index is 12.2. The fourth-order valence-corrected chi connectivity index (χ4v) is 4.53. The third-order valence-electron chi connectivity index (χ3n) is 4.47. The number of aromatic nitrogens is 1. The van der Waals surface area contributed by atoms with Crippen LogP contribution < -0.4 is 5.76 Å². The molecule has 0 spiro atoms. The van der Waals surface area contributed by atoms with Crippen molar-refractivity contribution in [2.45, 2.75) is 9.79 Å². The molecule has 3 aromatic rings. The van der Waals surface area contributed by atoms with E-state index in [0.717, 1.165) is 8.61 Å². The second-order valence-electron chi connectivity index (χ2n) is 6.84. The molecule has 0 unspecified atom stereocenters. The van der Waals surface area contributed by atoms with Gasteiger partial charge in [-0.15, -0.1) is 0 Å². The van der Waals surface area contributed by atoms with Crippen LogP contribution in [-0.4, -0.2) is 58.6 Å². The summed E-state index contributed by atoms with van der Waals surface area (Å²) in [4.78, 5) is 14.7. The topological polar surface area (TPSA) is 121 Å². The van der Waals surface area contributed by atoms with E-state index in [1.807, 2.05) is 0 Å². The molecule has 2 aromatic carbocycles. The fourth-order valence-electron chi connectivity index (χ4n) is 2.73. The van der Waals surface area contributed by atoms with Gasteiger partial charge < -0.3 is 4.42 Å². The molecule has 0 amide bonds. The molecule has 0 saturated carbocycles. The molecular weight excluding hydrogens is 430 g/mol. The summed E-state index contributed by atoms with van der Waals surface area (Å²) in [5.41, 5.74) is 1.39. The highest BCUT2D eigenvalue weighted by atomic mass is 32.2. The van der Waals surface area contributed by atoms with E-state index in [-0.39, 0.29) is 15.6 Å². The summed E-state index contributed by atoms with van der Waals surface area (Å²) in [6.45, 7) is 0. The molecule has 11 heteroatoms. The molecule has 0 atom stereocenters. The van der Waals surface area contributed by atoms with Crippen molar-refractivity contribution in [2.75, 3.05) is 28.2 Å². The van der Waals surface area contributed by atoms with Gasteiger partial charge in [0.15, 0.2) is 5.76 Å². The molecular formula is C19H21N3O6S2. The first kappa shape index (κ1) is 22.0. The molecule has 1 N–H and O–H groups in total. The Morgan fingerprint density at radius 1 is 0.700 bits per heavy atom. The quantitative estimate of drug-likeness (QED) is 0.610. The van der Waals surface area contributed by atoms with Crippen molar-refractivity contribution >= 4 is 20.0 Å². The molecule has 0 radical (unpaired) electrons. The SMILES string of the molecule is CN(C)S(=O)(=O)c1ccc(-c2[nH]c(=O)oc2-c2ccc(S(=O)(=O)N(C)C)cc2)cc1. The average molecular weight is 452 g/mol. The smallest absolute Gasteiger partial charge is 0.407 e. The first-order valence-corrected chi connectivity index (χ1v) is 11.6. The molecule has 1 aromatic heterocycles. The molecule has 3 rings (SSSR count). The predicted octanol–water partition coefficient (Wildman–Crippen LogP) is 1.80. The monoisotopic (exact) mass is 451 g/mol. The first-order chi connectivity index (χ1) is 13.9. The van der Waals surface area contributed by atoms with E-state index in [2.05, 4.69) is 4.98 Å². The van der Waals surface area contributed by atoms with Crippen molar-refractivity contribution in [3.8, 4) is 22.6 Å². The second kappa shape index (κ2) is 7.84. The zero-order chi connectivity index (χ0) is 22.3. The highest BCUT2D eigenvalue weighted by Gasteiger charge is 2.20. The standard InChI is InChI=1S/C19H21N3O6S2/c1-21(2)29(24,25)15-9-5-13(6-10-15)17-18(28-19(23)20-17)14-7-11-16(12-8-14)30(26,27)22(3)4/h5-12H,1-4H3,(H,20,23). The van der Waals surface area contributed by atoms with Crippen LogP contribution in [0.15, 0.2) is 67.5 Å². The van der Waals surface area contributed by atoms with Crippen LogP contribution in [0.4, 0.5) is 0 Å². The minimum Gasteiger partial charge on any atom is -0.407 e. The Balaban J connectivity index is 2.03. The van der Waals surface area contributed by atoms with E-state index in [1.54, 1.807) is 12.1 Å². The van der Waals surface area contributed by atoms with Gasteiger partial charge in [0, 0.05) is 39.3 Å². The lowest BCUT2D eigenvalue weighted by atomic mass is 10.1. The number of benzene rings is 2. The van der Waals surface area contributed by atoms with Crippen molar-refractivity contribution in [1.82, 2.24) is 13.6 Å². The Kier molecular flexibility index (Phi) is 5.74. The maximum absolute atomic E-state index is 12.2. The zero-order valence-electron chi connectivity index (χ0n) is 16.8. The molecule has 0 bridgehead atoms. The van der Waals surface area contributed by atoms with Gasteiger partial charge in [-0.1, -0.05) is 12.1 Å². The summed E-state index contributed by atoms with van der Waals surface area (Å²) in [6.07, 6.45) is 0. The Morgan fingerprint density at radius 2 is 1.10 bits per heavy atom. The normalized spacial score (nSPS) is 12.6. The number of oxazole rings is 1. The third kappa shape index (κ3) is 3.97. The lowest BCUT2D eigenvalue weighted by Crippen LogP contribution is -2.22. The van der Waals surface area contributed by atoms with Crippen molar-refractivity contribution < 1.29 is 21.3 Å². The van der Waals surface area contributed by atoms with Crippen LogP contribution in [0.5, 0.6) is 0 Å². The third-order valence-corrected chi connectivity index (χ3v) is 8.12. The minimum atomic E-state index is -3.59. The number of nitrogens with one attached hydrogen (secondary N) is 1. The van der Waals surface area contributed by atoms with E-state index in [9.17, 15) is 21.6 Å². The van der Waals surface area contributed by atoms with Gasteiger partial charge in [0.2, 0.25) is 20.0 Å². The van der Waals surface area contributed by atoms with Crippen LogP contribution in [0, 0.1) is 0 Å². The van der Waals surface area contributed by atoms with E-state index in [4.69, 9.17) is 4.42 Å². The Morgan fingerprint density at radius 3 is 1.50 bits per heavy atom. The zero-order valence-corrected chi connectivity index (χ0v) is 18.4. The van der Waals surface area contributed by atoms with Gasteiger partial charge in [-0.05, 0) is 36.4 Å². The van der Waals surface area contributed by atoms with Gasteiger partial charge in [0.1, 0.15) is 0 Å². The molecule has 1 heterocycles. The summed E-state index contributed by atoms with van der Waals surface area (Å²) < 4.78 is 56.4. The van der Waals surface area contributed by atoms with Gasteiger partial charge >= 0.3 is 5.76 Å². The average Bonchev–Trinajstić information content (AvgIpc) is 3.09. The van der Waals surface area contributed by atoms with Gasteiger partial charge in [-0.25, -0.2) is 30.2 Å². The van der Waals surface area contributed by atoms with Crippen molar-refractivity contribution in [1.29, 1.82) is 0 Å². The van der Waals surface area contributed by atoms with Crippen LogP contribution in [0.25, 0.3) is 22.6 Å². The summed E-state index contributed by atoms with van der Waals surface area (Å²) in [7, 11) is -1.41. The molecule has 0 aliphatic heterocycles. The van der Waals surface area contributed by atoms with E-state index in [1.165, 1.54) is 64.6 Å². The summed E-state index contributed by atoms with van der Waals surface area (Å²) in [5, 5.41) is 0. The first-order valence-electron chi connectivity index (χ1n) is 8.73. The van der Waals surface area contributed by atoms with Crippen LogP contribution in [-0.2, 0) is 20.0 Å². The number of hydrogen-bond acceptors (Lipinski definition) is 6. The van der Waals surface area contributed by atoms with Crippen LogP contribution in [0.1, 0.15) is 0 Å². The lowest BCUT2D eigenvalue weighted by molar-refractivity contribution is 0.519. The van der Waals surface area contributed by atoms with Crippen molar-refractivity contribution in [3.63, 3.8) is 0 Å². The van der Waals surface area contributed by atoms with Crippen molar-refractivity contribution in [2.24, 2.45) is 0 Å². The largest absolute Gasteiger partial charge is 0.417 e. The highest BCUT2D eigenvalue weighted by molar-refractivity contribution is 7.89. The van der Waals surface area contributed by atoms with Gasteiger partial charge in [-0.3, -0.25) is 4.98 Å². The number of H-pyrrole nitrogens is 1. The van der Waals surface area contributed by atoms with Crippen LogP contribution in [0.2, 0.25) is 0 Å². The Bertz CT molecular complexity index is 1220. The predicted molar refractivity (Wildman–Crippen MR) is 112 cm³/mol. The molecule has 9 nitrogen and oxygen atoms in total. The lowest BCUT2D eigenvalue weighted by Gasteiger charge is -2.12. The number of hydrogen-bond donors (Lipinski definition) is 1. The summed E-state index contributed by atoms with van der Waals surface area (Å²) in [5.74, 6) is -0.466. The Hall–Kier alpha value is -2.73. The van der Waals surface area contributed by atoms with Crippen LogP contribution in [0.3, 0.4) is 0 Å². The van der Waals surface area contributed by atoms with Gasteiger partial charge in [0.25, 0.3) is 0 Å². The summed E-state index contributed by atoms with van der Waals surface area (Å²) >= 11 is 0. The van der Waals surface area contributed by atoms with Crippen LogP contribution >= 0.6 is 0 Å². The number of aromatic amines is 1. The molecule has 160 valence electrons. The maximum Gasteiger partial charge on any atom is 0.417 e. The summed E-state index contributed by atoms with van der Waals surface area (Å²) in [6, 6.07) is 11.9. The second-order valence-corrected chi connectivity index (χ2v) is 11.1. The molecule has 0 fully saturated rings. The molecule has 0 aliphatic carbocycles. The fraction of sp³-hybridized carbons (Fsp3) is 0.211. The number of sulfonamides is 2. The van der Waals surface area contributed by atoms with E-state index >= 15 is 0 Å². The van der Waals surface area contributed by atoms with Gasteiger partial charge in [0.05, 0.1) is 15.5 Å². The molecule has 30 heavy (non-hydrogen) atoms. The Labute approximate surface area is 174 Å². The van der Waals surface area contributed by atoms with E-state index in [0.29, 0.717) is 16.8 Å². The van der Waals surface area contributed by atoms with Gasteiger partial charge in [-0.2, -0.15) is 0 Å². The van der Waals surface area contributed by atoms with Crippen molar-refractivity contribution in [3.05, 3.63) is 59.1 Å².